The second kappa shape index (κ2) is 6.50. The highest BCUT2D eigenvalue weighted by atomic mass is 16.5. The molecule has 4 aliphatic carbocycles. The Morgan fingerprint density at radius 3 is 2.17 bits per heavy atom. The quantitative estimate of drug-likeness (QED) is 0.481. The van der Waals surface area contributed by atoms with Crippen molar-refractivity contribution >= 4 is 11.9 Å². The van der Waals surface area contributed by atoms with Crippen LogP contribution in [0, 0.1) is 17.8 Å². The standard InChI is InChI=1S/C19H27NO3/c1-3-4-5-6-17(21)23-13(2)18(22)20-19-10-14-7-15(11-19)9-16(8-14)12-19/h3-6,13-16H,7-12H2,1-2H3,(H,20,22)/b4-3+,6-5+/t13-,14?,15?,16?,19?/m0/s1. The predicted molar refractivity (Wildman–Crippen MR) is 88.6 cm³/mol. The van der Waals surface area contributed by atoms with Gasteiger partial charge in [0.1, 0.15) is 0 Å². The molecular formula is C19H27NO3. The summed E-state index contributed by atoms with van der Waals surface area (Å²) in [6.07, 6.45) is 13.1. The lowest BCUT2D eigenvalue weighted by Gasteiger charge is -2.57. The molecule has 23 heavy (non-hydrogen) atoms. The molecule has 0 saturated heterocycles. The van der Waals surface area contributed by atoms with Crippen LogP contribution < -0.4 is 5.32 Å². The Hall–Kier alpha value is -1.58. The number of carbonyl (C=O) groups is 2. The van der Waals surface area contributed by atoms with E-state index in [0.717, 1.165) is 37.0 Å². The summed E-state index contributed by atoms with van der Waals surface area (Å²) in [5.41, 5.74) is -0.0344. The third-order valence-corrected chi connectivity index (χ3v) is 5.62. The molecule has 0 unspecified atom stereocenters. The van der Waals surface area contributed by atoms with E-state index in [4.69, 9.17) is 4.74 Å². The molecule has 4 heteroatoms. The minimum atomic E-state index is -0.745. The van der Waals surface area contributed by atoms with Gasteiger partial charge >= 0.3 is 5.97 Å². The Bertz CT molecular complexity index is 499. The van der Waals surface area contributed by atoms with E-state index < -0.39 is 12.1 Å². The van der Waals surface area contributed by atoms with Crippen LogP contribution in [0.15, 0.2) is 24.3 Å². The third-order valence-electron chi connectivity index (χ3n) is 5.62. The molecule has 0 aromatic heterocycles. The molecule has 0 spiro atoms. The Morgan fingerprint density at radius 1 is 1.09 bits per heavy atom. The Labute approximate surface area is 138 Å². The number of hydrogen-bond acceptors (Lipinski definition) is 3. The van der Waals surface area contributed by atoms with E-state index in [1.807, 2.05) is 13.0 Å². The van der Waals surface area contributed by atoms with Crippen molar-refractivity contribution in [1.29, 1.82) is 0 Å². The van der Waals surface area contributed by atoms with Crippen LogP contribution in [0.3, 0.4) is 0 Å². The summed E-state index contributed by atoms with van der Waals surface area (Å²) in [6, 6.07) is 0. The van der Waals surface area contributed by atoms with Gasteiger partial charge in [-0.1, -0.05) is 18.2 Å². The zero-order chi connectivity index (χ0) is 16.4. The smallest absolute Gasteiger partial charge is 0.331 e. The second-order valence-corrected chi connectivity index (χ2v) is 7.65. The van der Waals surface area contributed by atoms with E-state index in [1.54, 1.807) is 19.1 Å². The van der Waals surface area contributed by atoms with Crippen LogP contribution in [0.2, 0.25) is 0 Å². The molecule has 0 heterocycles. The van der Waals surface area contributed by atoms with Crippen LogP contribution in [-0.4, -0.2) is 23.5 Å². The van der Waals surface area contributed by atoms with Gasteiger partial charge < -0.3 is 10.1 Å². The van der Waals surface area contributed by atoms with E-state index in [-0.39, 0.29) is 11.4 Å². The Balaban J connectivity index is 1.55. The van der Waals surface area contributed by atoms with E-state index in [2.05, 4.69) is 5.32 Å². The fourth-order valence-corrected chi connectivity index (χ4v) is 5.14. The monoisotopic (exact) mass is 317 g/mol. The lowest BCUT2D eigenvalue weighted by molar-refractivity contribution is -0.152. The Morgan fingerprint density at radius 2 is 1.65 bits per heavy atom. The highest BCUT2D eigenvalue weighted by Crippen LogP contribution is 2.55. The van der Waals surface area contributed by atoms with E-state index in [0.29, 0.717) is 0 Å². The van der Waals surface area contributed by atoms with Gasteiger partial charge in [-0.2, -0.15) is 0 Å². The molecule has 0 radical (unpaired) electrons. The topological polar surface area (TPSA) is 55.4 Å². The van der Waals surface area contributed by atoms with Gasteiger partial charge in [0.2, 0.25) is 0 Å². The van der Waals surface area contributed by atoms with Gasteiger partial charge in [-0.05, 0) is 70.1 Å². The minimum absolute atomic E-state index is 0.0344. The van der Waals surface area contributed by atoms with Crippen LogP contribution >= 0.6 is 0 Å². The summed E-state index contributed by atoms with van der Waals surface area (Å²) in [4.78, 5) is 24.1. The average molecular weight is 317 g/mol. The summed E-state index contributed by atoms with van der Waals surface area (Å²) in [6.45, 7) is 3.52. The molecule has 126 valence electrons. The van der Waals surface area contributed by atoms with Gasteiger partial charge in [-0.15, -0.1) is 0 Å². The van der Waals surface area contributed by atoms with Crippen molar-refractivity contribution in [2.45, 2.75) is 64.0 Å². The van der Waals surface area contributed by atoms with Gasteiger partial charge in [-0.3, -0.25) is 4.79 Å². The van der Waals surface area contributed by atoms with Crippen molar-refractivity contribution in [2.24, 2.45) is 17.8 Å². The minimum Gasteiger partial charge on any atom is -0.449 e. The van der Waals surface area contributed by atoms with E-state index in [9.17, 15) is 9.59 Å². The highest BCUT2D eigenvalue weighted by molar-refractivity contribution is 5.87. The number of esters is 1. The highest BCUT2D eigenvalue weighted by Gasteiger charge is 2.51. The summed E-state index contributed by atoms with van der Waals surface area (Å²) in [5, 5.41) is 3.24. The molecular weight excluding hydrogens is 290 g/mol. The summed E-state index contributed by atoms with van der Waals surface area (Å²) >= 11 is 0. The SMILES string of the molecule is C/C=C/C=C/C(=O)O[C@@H](C)C(=O)NC12CC3CC(CC(C3)C1)C2. The molecule has 0 aromatic carbocycles. The number of nitrogens with one attached hydrogen (secondary N) is 1. The van der Waals surface area contributed by atoms with Gasteiger partial charge in [0, 0.05) is 11.6 Å². The van der Waals surface area contributed by atoms with Gasteiger partial charge in [0.05, 0.1) is 0 Å². The van der Waals surface area contributed by atoms with Crippen LogP contribution in [0.25, 0.3) is 0 Å². The molecule has 1 atom stereocenters. The van der Waals surface area contributed by atoms with E-state index in [1.165, 1.54) is 25.3 Å². The fraction of sp³-hybridized carbons (Fsp3) is 0.684. The molecule has 4 fully saturated rings. The molecule has 4 rings (SSSR count). The van der Waals surface area contributed by atoms with Crippen LogP contribution in [0.1, 0.15) is 52.4 Å². The van der Waals surface area contributed by atoms with Crippen molar-refractivity contribution in [3.05, 3.63) is 24.3 Å². The van der Waals surface area contributed by atoms with Crippen molar-refractivity contribution in [2.75, 3.05) is 0 Å². The first kappa shape index (κ1) is 16.3. The number of ether oxygens (including phenoxy) is 1. The zero-order valence-corrected chi connectivity index (χ0v) is 14.1. The number of rotatable bonds is 5. The third kappa shape index (κ3) is 3.67. The molecule has 1 amide bonds. The molecule has 0 aliphatic heterocycles. The largest absolute Gasteiger partial charge is 0.449 e. The first-order valence-corrected chi connectivity index (χ1v) is 8.82. The van der Waals surface area contributed by atoms with Crippen molar-refractivity contribution < 1.29 is 14.3 Å². The molecule has 4 aliphatic rings. The maximum atomic E-state index is 12.5. The second-order valence-electron chi connectivity index (χ2n) is 7.65. The molecule has 1 N–H and O–H groups in total. The van der Waals surface area contributed by atoms with Gasteiger partial charge in [0.15, 0.2) is 6.10 Å². The van der Waals surface area contributed by atoms with Crippen molar-refractivity contribution in [3.8, 4) is 0 Å². The number of allylic oxidation sites excluding steroid dienone is 3. The van der Waals surface area contributed by atoms with Crippen LogP contribution in [0.5, 0.6) is 0 Å². The average Bonchev–Trinajstić information content (AvgIpc) is 2.45. The number of hydrogen-bond donors (Lipinski definition) is 1. The fourth-order valence-electron chi connectivity index (χ4n) is 5.14. The molecule has 4 nitrogen and oxygen atoms in total. The van der Waals surface area contributed by atoms with Crippen molar-refractivity contribution in [3.63, 3.8) is 0 Å². The number of carbonyl (C=O) groups excluding carboxylic acids is 2. The number of amides is 1. The maximum absolute atomic E-state index is 12.5. The molecule has 0 aromatic rings. The van der Waals surface area contributed by atoms with E-state index >= 15 is 0 Å². The lowest BCUT2D eigenvalue weighted by Crippen LogP contribution is -2.61. The van der Waals surface area contributed by atoms with Gasteiger partial charge in [-0.25, -0.2) is 4.79 Å². The molecule has 4 saturated carbocycles. The maximum Gasteiger partial charge on any atom is 0.331 e. The molecule has 4 bridgehead atoms. The predicted octanol–water partition coefficient (Wildman–Crippen LogP) is 3.14. The normalized spacial score (nSPS) is 36.5. The first-order valence-electron chi connectivity index (χ1n) is 8.82. The Kier molecular flexibility index (Phi) is 4.60. The van der Waals surface area contributed by atoms with Crippen LogP contribution in [-0.2, 0) is 14.3 Å². The van der Waals surface area contributed by atoms with Gasteiger partial charge in [0.25, 0.3) is 5.91 Å². The van der Waals surface area contributed by atoms with Crippen molar-refractivity contribution in [1.82, 2.24) is 5.32 Å². The summed E-state index contributed by atoms with van der Waals surface area (Å²) < 4.78 is 5.20. The lowest BCUT2D eigenvalue weighted by atomic mass is 9.53. The first-order chi connectivity index (χ1) is 11.0. The zero-order valence-electron chi connectivity index (χ0n) is 14.1. The van der Waals surface area contributed by atoms with Crippen LogP contribution in [0.4, 0.5) is 0 Å². The summed E-state index contributed by atoms with van der Waals surface area (Å²) in [7, 11) is 0. The summed E-state index contributed by atoms with van der Waals surface area (Å²) in [5.74, 6) is 1.71.